The summed E-state index contributed by atoms with van der Waals surface area (Å²) in [5.41, 5.74) is 0.497. The molecule has 0 saturated carbocycles. The lowest BCUT2D eigenvalue weighted by atomic mass is 10.1. The van der Waals surface area contributed by atoms with Crippen LogP contribution in [0.25, 0.3) is 22.1 Å². The van der Waals surface area contributed by atoms with Crippen LogP contribution in [-0.4, -0.2) is 15.3 Å². The van der Waals surface area contributed by atoms with Gasteiger partial charge in [-0.15, -0.1) is 0 Å². The van der Waals surface area contributed by atoms with Crippen LogP contribution in [0, 0.1) is 6.92 Å². The van der Waals surface area contributed by atoms with Crippen LogP contribution in [0.15, 0.2) is 45.6 Å². The van der Waals surface area contributed by atoms with E-state index in [9.17, 15) is 20.1 Å². The van der Waals surface area contributed by atoms with Gasteiger partial charge in [0.15, 0.2) is 0 Å². The van der Waals surface area contributed by atoms with Crippen molar-refractivity contribution in [3.8, 4) is 28.6 Å². The number of hydrogen-bond acceptors (Lipinski definition) is 5. The minimum absolute atomic E-state index is 0.0110. The molecule has 0 aliphatic heterocycles. The van der Waals surface area contributed by atoms with Crippen molar-refractivity contribution in [1.82, 2.24) is 0 Å². The lowest BCUT2D eigenvalue weighted by Crippen LogP contribution is -2.00. The Labute approximate surface area is 119 Å². The second kappa shape index (κ2) is 4.56. The number of benzene rings is 2. The fourth-order valence-corrected chi connectivity index (χ4v) is 2.27. The van der Waals surface area contributed by atoms with Gasteiger partial charge in [-0.05, 0) is 36.8 Å². The first-order chi connectivity index (χ1) is 9.95. The molecule has 0 atom stereocenters. The van der Waals surface area contributed by atoms with Crippen LogP contribution in [0.1, 0.15) is 5.56 Å². The number of phenolic OH excluding ortho intramolecular Hbond substituents is 3. The number of aryl methyl sites for hydroxylation is 1. The van der Waals surface area contributed by atoms with E-state index in [1.165, 1.54) is 12.1 Å². The minimum atomic E-state index is -0.736. The van der Waals surface area contributed by atoms with Gasteiger partial charge in [0.05, 0.1) is 5.56 Å². The highest BCUT2D eigenvalue weighted by Gasteiger charge is 2.13. The Bertz CT molecular complexity index is 908. The van der Waals surface area contributed by atoms with E-state index in [0.717, 1.165) is 11.6 Å². The molecular weight excluding hydrogens is 272 g/mol. The molecule has 0 aliphatic carbocycles. The van der Waals surface area contributed by atoms with Crippen molar-refractivity contribution in [3.05, 3.63) is 52.4 Å². The molecule has 0 bridgehead atoms. The highest BCUT2D eigenvalue weighted by atomic mass is 16.4. The zero-order valence-electron chi connectivity index (χ0n) is 11.1. The summed E-state index contributed by atoms with van der Waals surface area (Å²) >= 11 is 0. The smallest absolute Gasteiger partial charge is 0.347 e. The number of phenols is 3. The Morgan fingerprint density at radius 1 is 0.952 bits per heavy atom. The molecule has 21 heavy (non-hydrogen) atoms. The second-order valence-corrected chi connectivity index (χ2v) is 4.85. The van der Waals surface area contributed by atoms with Gasteiger partial charge in [-0.25, -0.2) is 4.79 Å². The van der Waals surface area contributed by atoms with Crippen molar-refractivity contribution in [3.63, 3.8) is 0 Å². The fraction of sp³-hybridized carbons (Fsp3) is 0.0625. The fourth-order valence-electron chi connectivity index (χ4n) is 2.27. The molecule has 0 amide bonds. The first-order valence-corrected chi connectivity index (χ1v) is 6.25. The van der Waals surface area contributed by atoms with Crippen molar-refractivity contribution < 1.29 is 19.7 Å². The normalized spacial score (nSPS) is 10.9. The highest BCUT2D eigenvalue weighted by molar-refractivity contribution is 5.90. The predicted octanol–water partition coefficient (Wildman–Crippen LogP) is 2.89. The Morgan fingerprint density at radius 2 is 1.71 bits per heavy atom. The molecular formula is C16H12O5. The predicted molar refractivity (Wildman–Crippen MR) is 77.7 cm³/mol. The first kappa shape index (κ1) is 13.1. The molecule has 1 heterocycles. The zero-order valence-corrected chi connectivity index (χ0v) is 11.1. The molecule has 0 aliphatic rings. The summed E-state index contributed by atoms with van der Waals surface area (Å²) < 4.78 is 5.16. The summed E-state index contributed by atoms with van der Waals surface area (Å²) in [4.78, 5) is 12.0. The van der Waals surface area contributed by atoms with Gasteiger partial charge in [0.1, 0.15) is 28.4 Å². The van der Waals surface area contributed by atoms with Gasteiger partial charge in [0.2, 0.25) is 0 Å². The van der Waals surface area contributed by atoms with E-state index >= 15 is 0 Å². The molecule has 106 valence electrons. The molecule has 0 spiro atoms. The molecule has 1 aromatic heterocycles. The summed E-state index contributed by atoms with van der Waals surface area (Å²) in [5.74, 6) is -0.361. The average molecular weight is 284 g/mol. The second-order valence-electron chi connectivity index (χ2n) is 4.85. The Balaban J connectivity index is 2.32. The molecule has 0 saturated heterocycles. The highest BCUT2D eigenvalue weighted by Crippen LogP contribution is 2.33. The quantitative estimate of drug-likeness (QED) is 0.639. The lowest BCUT2D eigenvalue weighted by molar-refractivity contribution is 0.452. The maximum atomic E-state index is 12.0. The van der Waals surface area contributed by atoms with Gasteiger partial charge in [0, 0.05) is 11.5 Å². The van der Waals surface area contributed by atoms with Crippen molar-refractivity contribution in [2.45, 2.75) is 6.92 Å². The Morgan fingerprint density at radius 3 is 2.43 bits per heavy atom. The molecule has 0 radical (unpaired) electrons. The monoisotopic (exact) mass is 284 g/mol. The summed E-state index contributed by atoms with van der Waals surface area (Å²) in [6, 6.07) is 8.87. The third-order valence-corrected chi connectivity index (χ3v) is 3.24. The van der Waals surface area contributed by atoms with E-state index < -0.39 is 5.63 Å². The average Bonchev–Trinajstić information content (AvgIpc) is 2.36. The molecule has 5 nitrogen and oxygen atoms in total. The van der Waals surface area contributed by atoms with Crippen LogP contribution in [0.4, 0.5) is 0 Å². The SMILES string of the molecule is Cc1ccc(-c2cc3cc(O)cc(O)c3c(=O)o2)c(O)c1. The molecule has 3 aromatic rings. The van der Waals surface area contributed by atoms with E-state index in [2.05, 4.69) is 0 Å². The molecule has 0 fully saturated rings. The summed E-state index contributed by atoms with van der Waals surface area (Å²) in [7, 11) is 0. The molecule has 3 N–H and O–H groups in total. The van der Waals surface area contributed by atoms with E-state index in [1.807, 2.05) is 6.92 Å². The van der Waals surface area contributed by atoms with E-state index in [1.54, 1.807) is 18.2 Å². The topological polar surface area (TPSA) is 90.9 Å². The van der Waals surface area contributed by atoms with Gasteiger partial charge in [0.25, 0.3) is 0 Å². The van der Waals surface area contributed by atoms with Crippen molar-refractivity contribution in [1.29, 1.82) is 0 Å². The van der Waals surface area contributed by atoms with Crippen LogP contribution < -0.4 is 5.63 Å². The van der Waals surface area contributed by atoms with Crippen molar-refractivity contribution >= 4 is 10.8 Å². The number of rotatable bonds is 1. The third-order valence-electron chi connectivity index (χ3n) is 3.24. The van der Waals surface area contributed by atoms with Crippen molar-refractivity contribution in [2.24, 2.45) is 0 Å². The first-order valence-electron chi connectivity index (χ1n) is 6.25. The Hall–Kier alpha value is -2.95. The Kier molecular flexibility index (Phi) is 2.83. The maximum absolute atomic E-state index is 12.0. The van der Waals surface area contributed by atoms with E-state index in [0.29, 0.717) is 10.9 Å². The van der Waals surface area contributed by atoms with Crippen LogP contribution >= 0.6 is 0 Å². The van der Waals surface area contributed by atoms with Crippen LogP contribution in [-0.2, 0) is 0 Å². The number of aromatic hydroxyl groups is 3. The summed E-state index contributed by atoms with van der Waals surface area (Å²) in [6.07, 6.45) is 0. The van der Waals surface area contributed by atoms with Crippen LogP contribution in [0.3, 0.4) is 0 Å². The van der Waals surface area contributed by atoms with Gasteiger partial charge < -0.3 is 19.7 Å². The maximum Gasteiger partial charge on any atom is 0.347 e. The van der Waals surface area contributed by atoms with Gasteiger partial charge in [-0.2, -0.15) is 0 Å². The van der Waals surface area contributed by atoms with Crippen molar-refractivity contribution in [2.75, 3.05) is 0 Å². The van der Waals surface area contributed by atoms with Gasteiger partial charge in [-0.3, -0.25) is 0 Å². The molecule has 3 rings (SSSR count). The standard InChI is InChI=1S/C16H12O5/c1-8-2-3-11(12(18)4-8)14-6-9-5-10(17)7-13(19)15(9)16(20)21-14/h2-7,17-19H,1H3. The zero-order chi connectivity index (χ0) is 15.1. The van der Waals surface area contributed by atoms with Crippen LogP contribution in [0.5, 0.6) is 17.2 Å². The summed E-state index contributed by atoms with van der Waals surface area (Å²) in [5, 5.41) is 29.5. The van der Waals surface area contributed by atoms with E-state index in [-0.39, 0.29) is 28.4 Å². The largest absolute Gasteiger partial charge is 0.508 e. The van der Waals surface area contributed by atoms with Gasteiger partial charge in [-0.1, -0.05) is 6.07 Å². The molecule has 2 aromatic carbocycles. The molecule has 5 heteroatoms. The molecule has 0 unspecified atom stereocenters. The number of hydrogen-bond donors (Lipinski definition) is 3. The lowest BCUT2D eigenvalue weighted by Gasteiger charge is -2.07. The minimum Gasteiger partial charge on any atom is -0.508 e. The summed E-state index contributed by atoms with van der Waals surface area (Å²) in [6.45, 7) is 1.83. The van der Waals surface area contributed by atoms with Gasteiger partial charge >= 0.3 is 5.63 Å². The van der Waals surface area contributed by atoms with E-state index in [4.69, 9.17) is 4.42 Å². The third kappa shape index (κ3) is 2.18. The number of fused-ring (bicyclic) bond motifs is 1. The van der Waals surface area contributed by atoms with Crippen LogP contribution in [0.2, 0.25) is 0 Å².